The minimum absolute atomic E-state index is 0.325. The van der Waals surface area contributed by atoms with Crippen molar-refractivity contribution < 1.29 is 19.4 Å². The van der Waals surface area contributed by atoms with Gasteiger partial charge in [-0.05, 0) is 23.3 Å². The van der Waals surface area contributed by atoms with Crippen LogP contribution in [0.4, 0.5) is 0 Å². The first-order valence-corrected chi connectivity index (χ1v) is 4.58. The van der Waals surface area contributed by atoms with Crippen molar-refractivity contribution in [1.82, 2.24) is 4.98 Å². The number of aliphatic carboxylic acids is 1. The number of fused-ring (bicyclic) bond motifs is 1. The molecule has 2 rings (SSSR count). The average Bonchev–Trinajstić information content (AvgIpc) is 2.72. The maximum absolute atomic E-state index is 10.5. The highest BCUT2D eigenvalue weighted by atomic mass is 16.4. The van der Waals surface area contributed by atoms with E-state index in [-0.39, 0.29) is 6.61 Å². The van der Waals surface area contributed by atoms with Crippen LogP contribution in [0, 0.1) is 0 Å². The molecule has 0 saturated carbocycles. The van der Waals surface area contributed by atoms with Crippen LogP contribution >= 0.6 is 0 Å². The Morgan fingerprint density at radius 2 is 2.31 bits per heavy atom. The number of hydrogen-bond donors (Lipinski definition) is 2. The van der Waals surface area contributed by atoms with Crippen molar-refractivity contribution in [2.45, 2.75) is 0 Å². The van der Waals surface area contributed by atoms with Crippen molar-refractivity contribution in [3.63, 3.8) is 0 Å². The molecule has 0 saturated heterocycles. The molecular formula is C11H9NO4. The predicted octanol–water partition coefficient (Wildman–Crippen LogP) is 1.29. The van der Waals surface area contributed by atoms with E-state index in [1.54, 1.807) is 18.2 Å². The molecule has 5 nitrogen and oxygen atoms in total. The van der Waals surface area contributed by atoms with Gasteiger partial charge in [-0.15, -0.1) is 0 Å². The molecule has 1 heterocycles. The fourth-order valence-electron chi connectivity index (χ4n) is 1.42. The first kappa shape index (κ1) is 10.4. The van der Waals surface area contributed by atoms with Gasteiger partial charge < -0.3 is 14.6 Å². The van der Waals surface area contributed by atoms with Gasteiger partial charge in [-0.3, -0.25) is 0 Å². The summed E-state index contributed by atoms with van der Waals surface area (Å²) in [6.07, 6.45) is 2.28. The van der Waals surface area contributed by atoms with E-state index in [0.717, 1.165) is 6.08 Å². The third-order valence-electron chi connectivity index (χ3n) is 2.17. The summed E-state index contributed by atoms with van der Waals surface area (Å²) in [4.78, 5) is 14.5. The SMILES string of the molecule is O=C(O)/C=C(\CO)c1ccc2ncoc2c1. The third-order valence-corrected chi connectivity index (χ3v) is 2.17. The molecule has 0 aliphatic rings. The smallest absolute Gasteiger partial charge is 0.328 e. The predicted molar refractivity (Wildman–Crippen MR) is 56.7 cm³/mol. The summed E-state index contributed by atoms with van der Waals surface area (Å²) in [5, 5.41) is 17.7. The zero-order valence-electron chi connectivity index (χ0n) is 8.25. The van der Waals surface area contributed by atoms with E-state index in [4.69, 9.17) is 14.6 Å². The molecule has 0 atom stereocenters. The Hall–Kier alpha value is -2.14. The second-order valence-corrected chi connectivity index (χ2v) is 3.20. The Bertz CT molecular complexity index is 556. The van der Waals surface area contributed by atoms with Crippen LogP contribution in [0.3, 0.4) is 0 Å². The normalized spacial score (nSPS) is 11.9. The highest BCUT2D eigenvalue weighted by Crippen LogP contribution is 2.20. The van der Waals surface area contributed by atoms with Crippen molar-refractivity contribution >= 4 is 22.6 Å². The Morgan fingerprint density at radius 1 is 1.50 bits per heavy atom. The number of oxazole rings is 1. The molecular weight excluding hydrogens is 210 g/mol. The number of nitrogens with zero attached hydrogens (tertiary/aromatic N) is 1. The molecule has 5 heteroatoms. The fourth-order valence-corrected chi connectivity index (χ4v) is 1.42. The van der Waals surface area contributed by atoms with Crippen LogP contribution in [0.1, 0.15) is 5.56 Å². The van der Waals surface area contributed by atoms with Gasteiger partial charge in [0, 0.05) is 6.08 Å². The molecule has 0 spiro atoms. The number of aromatic nitrogens is 1. The van der Waals surface area contributed by atoms with E-state index in [2.05, 4.69) is 4.98 Å². The van der Waals surface area contributed by atoms with E-state index in [0.29, 0.717) is 22.2 Å². The summed E-state index contributed by atoms with van der Waals surface area (Å²) in [5.74, 6) is -1.10. The van der Waals surface area contributed by atoms with Crippen molar-refractivity contribution in [3.8, 4) is 0 Å². The van der Waals surface area contributed by atoms with Crippen molar-refractivity contribution in [2.24, 2.45) is 0 Å². The molecule has 0 amide bonds. The van der Waals surface area contributed by atoms with Crippen molar-refractivity contribution in [3.05, 3.63) is 36.2 Å². The van der Waals surface area contributed by atoms with Crippen molar-refractivity contribution in [2.75, 3.05) is 6.61 Å². The molecule has 1 aromatic heterocycles. The number of hydrogen-bond acceptors (Lipinski definition) is 4. The highest BCUT2D eigenvalue weighted by Gasteiger charge is 2.06. The minimum Gasteiger partial charge on any atom is -0.478 e. The molecule has 16 heavy (non-hydrogen) atoms. The zero-order chi connectivity index (χ0) is 11.5. The van der Waals surface area contributed by atoms with Crippen LogP contribution in [0.15, 0.2) is 35.1 Å². The van der Waals surface area contributed by atoms with Gasteiger partial charge in [0.15, 0.2) is 12.0 Å². The van der Waals surface area contributed by atoms with Crippen molar-refractivity contribution in [1.29, 1.82) is 0 Å². The van der Waals surface area contributed by atoms with Crippen LogP contribution in [-0.4, -0.2) is 27.8 Å². The first-order chi connectivity index (χ1) is 7.70. The molecule has 2 N–H and O–H groups in total. The lowest BCUT2D eigenvalue weighted by molar-refractivity contribution is -0.131. The number of aliphatic hydroxyl groups is 1. The number of rotatable bonds is 3. The summed E-state index contributed by atoms with van der Waals surface area (Å²) in [6, 6.07) is 5.04. The lowest BCUT2D eigenvalue weighted by atomic mass is 10.1. The van der Waals surface area contributed by atoms with Gasteiger partial charge in [0.25, 0.3) is 0 Å². The van der Waals surface area contributed by atoms with Crippen LogP contribution in [-0.2, 0) is 4.79 Å². The number of carboxylic acids is 1. The van der Waals surface area contributed by atoms with E-state index < -0.39 is 5.97 Å². The molecule has 0 fully saturated rings. The third kappa shape index (κ3) is 1.94. The van der Waals surface area contributed by atoms with Gasteiger partial charge in [0.1, 0.15) is 5.52 Å². The fraction of sp³-hybridized carbons (Fsp3) is 0.0909. The minimum atomic E-state index is -1.10. The second kappa shape index (κ2) is 4.16. The second-order valence-electron chi connectivity index (χ2n) is 3.20. The summed E-state index contributed by atoms with van der Waals surface area (Å²) in [6.45, 7) is -0.341. The highest BCUT2D eigenvalue weighted by molar-refractivity contribution is 5.91. The molecule has 0 aliphatic heterocycles. The largest absolute Gasteiger partial charge is 0.478 e. The first-order valence-electron chi connectivity index (χ1n) is 4.58. The summed E-state index contributed by atoms with van der Waals surface area (Å²) in [7, 11) is 0. The molecule has 0 aliphatic carbocycles. The van der Waals surface area contributed by atoms with Gasteiger partial charge in [0.05, 0.1) is 6.61 Å². The Morgan fingerprint density at radius 3 is 3.00 bits per heavy atom. The van der Waals surface area contributed by atoms with E-state index in [1.807, 2.05) is 0 Å². The monoisotopic (exact) mass is 219 g/mol. The maximum Gasteiger partial charge on any atom is 0.328 e. The molecule has 0 unspecified atom stereocenters. The van der Waals surface area contributed by atoms with Crippen LogP contribution in [0.2, 0.25) is 0 Å². The summed E-state index contributed by atoms with van der Waals surface area (Å²) < 4.78 is 5.09. The topological polar surface area (TPSA) is 83.6 Å². The van der Waals surface area contributed by atoms with Gasteiger partial charge in [0.2, 0.25) is 0 Å². The average molecular weight is 219 g/mol. The Kier molecular flexibility index (Phi) is 2.70. The maximum atomic E-state index is 10.5. The van der Waals surface area contributed by atoms with E-state index >= 15 is 0 Å². The van der Waals surface area contributed by atoms with E-state index in [9.17, 15) is 4.79 Å². The number of benzene rings is 1. The standard InChI is InChI=1S/C11H9NO4/c13-5-8(4-11(14)15)7-1-2-9-10(3-7)16-6-12-9/h1-4,6,13H,5H2,(H,14,15)/b8-4+. The lowest BCUT2D eigenvalue weighted by Gasteiger charge is -2.02. The summed E-state index contributed by atoms with van der Waals surface area (Å²) >= 11 is 0. The molecule has 0 bridgehead atoms. The van der Waals surface area contributed by atoms with Crippen LogP contribution < -0.4 is 0 Å². The number of aliphatic hydroxyl groups excluding tert-OH is 1. The summed E-state index contributed by atoms with van der Waals surface area (Å²) in [5.41, 5.74) is 2.18. The molecule has 0 radical (unpaired) electrons. The van der Waals surface area contributed by atoms with Gasteiger partial charge >= 0.3 is 5.97 Å². The zero-order valence-corrected chi connectivity index (χ0v) is 8.25. The Balaban J connectivity index is 2.48. The van der Waals surface area contributed by atoms with Gasteiger partial charge in [-0.25, -0.2) is 9.78 Å². The number of carboxylic acid groups (broad SMARTS) is 1. The Labute approximate surface area is 90.6 Å². The molecule has 1 aromatic carbocycles. The molecule has 2 aromatic rings. The molecule has 82 valence electrons. The number of carbonyl (C=O) groups is 1. The quantitative estimate of drug-likeness (QED) is 0.760. The van der Waals surface area contributed by atoms with Crippen LogP contribution in [0.5, 0.6) is 0 Å². The van der Waals surface area contributed by atoms with Crippen LogP contribution in [0.25, 0.3) is 16.7 Å². The van der Waals surface area contributed by atoms with Gasteiger partial charge in [-0.1, -0.05) is 6.07 Å². The van der Waals surface area contributed by atoms with E-state index in [1.165, 1.54) is 6.39 Å². The van der Waals surface area contributed by atoms with Gasteiger partial charge in [-0.2, -0.15) is 0 Å². The lowest BCUT2D eigenvalue weighted by Crippen LogP contribution is -1.96.